The van der Waals surface area contributed by atoms with Crippen LogP contribution in [-0.4, -0.2) is 39.3 Å². The summed E-state index contributed by atoms with van der Waals surface area (Å²) in [6, 6.07) is 17.4. The predicted molar refractivity (Wildman–Crippen MR) is 108 cm³/mol. The van der Waals surface area contributed by atoms with Crippen LogP contribution in [0.4, 0.5) is 0 Å². The van der Waals surface area contributed by atoms with E-state index in [0.717, 1.165) is 5.56 Å². The van der Waals surface area contributed by atoms with Crippen LogP contribution >= 0.6 is 0 Å². The van der Waals surface area contributed by atoms with Crippen LogP contribution in [-0.2, 0) is 14.4 Å². The fraction of sp³-hybridized carbons (Fsp3) is 0.174. The lowest BCUT2D eigenvalue weighted by Gasteiger charge is -2.26. The normalized spacial score (nSPS) is 16.6. The number of benzene rings is 2. The van der Waals surface area contributed by atoms with Crippen molar-refractivity contribution in [2.24, 2.45) is 0 Å². The molecular formula is C23H21NO5. The van der Waals surface area contributed by atoms with Crippen molar-refractivity contribution in [2.75, 3.05) is 6.54 Å². The zero-order valence-electron chi connectivity index (χ0n) is 15.7. The third-order valence-electron chi connectivity index (χ3n) is 4.70. The maximum atomic E-state index is 12.9. The summed E-state index contributed by atoms with van der Waals surface area (Å²) in [4.78, 5) is 37.8. The molecule has 6 heteroatoms. The average molecular weight is 391 g/mol. The zero-order valence-corrected chi connectivity index (χ0v) is 15.7. The van der Waals surface area contributed by atoms with Crippen molar-refractivity contribution in [3.8, 4) is 0 Å². The van der Waals surface area contributed by atoms with Crippen molar-refractivity contribution in [3.63, 3.8) is 0 Å². The van der Waals surface area contributed by atoms with E-state index in [0.29, 0.717) is 5.56 Å². The first-order valence-electron chi connectivity index (χ1n) is 9.27. The van der Waals surface area contributed by atoms with Gasteiger partial charge in [0.05, 0.1) is 11.6 Å². The van der Waals surface area contributed by atoms with Crippen molar-refractivity contribution >= 4 is 23.7 Å². The molecule has 6 nitrogen and oxygen atoms in total. The first-order chi connectivity index (χ1) is 14.0. The highest BCUT2D eigenvalue weighted by molar-refractivity contribution is 6.14. The maximum Gasteiger partial charge on any atom is 0.303 e. The summed E-state index contributed by atoms with van der Waals surface area (Å²) in [5.74, 6) is -2.68. The zero-order chi connectivity index (χ0) is 20.8. The highest BCUT2D eigenvalue weighted by atomic mass is 16.4. The van der Waals surface area contributed by atoms with Crippen LogP contribution in [0.2, 0.25) is 0 Å². The lowest BCUT2D eigenvalue weighted by molar-refractivity contribution is -0.138. The second-order valence-corrected chi connectivity index (χ2v) is 6.68. The first-order valence-corrected chi connectivity index (χ1v) is 9.27. The lowest BCUT2D eigenvalue weighted by Crippen LogP contribution is -2.32. The molecule has 2 N–H and O–H groups in total. The number of carboxylic acids is 1. The minimum absolute atomic E-state index is 0.00343. The van der Waals surface area contributed by atoms with E-state index >= 15 is 0 Å². The third kappa shape index (κ3) is 4.60. The molecule has 0 saturated carbocycles. The lowest BCUT2D eigenvalue weighted by atomic mass is 9.95. The summed E-state index contributed by atoms with van der Waals surface area (Å²) in [6.07, 6.45) is 3.08. The molecule has 0 saturated heterocycles. The van der Waals surface area contributed by atoms with Crippen LogP contribution in [0.15, 0.2) is 78.1 Å². The highest BCUT2D eigenvalue weighted by Gasteiger charge is 2.42. The highest BCUT2D eigenvalue weighted by Crippen LogP contribution is 2.38. The van der Waals surface area contributed by atoms with E-state index in [1.54, 1.807) is 30.3 Å². The number of hydrogen-bond acceptors (Lipinski definition) is 4. The maximum absolute atomic E-state index is 12.9. The Morgan fingerprint density at radius 2 is 1.62 bits per heavy atom. The van der Waals surface area contributed by atoms with Gasteiger partial charge in [-0.1, -0.05) is 66.7 Å². The first kappa shape index (κ1) is 20.1. The summed E-state index contributed by atoms with van der Waals surface area (Å²) in [7, 11) is 0. The van der Waals surface area contributed by atoms with Crippen LogP contribution in [0.1, 0.15) is 30.0 Å². The topological polar surface area (TPSA) is 94.9 Å². The van der Waals surface area contributed by atoms with Gasteiger partial charge in [-0.05, 0) is 23.6 Å². The molecule has 0 spiro atoms. The fourth-order valence-electron chi connectivity index (χ4n) is 3.34. The molecule has 3 rings (SSSR count). The Morgan fingerprint density at radius 1 is 1.00 bits per heavy atom. The smallest absolute Gasteiger partial charge is 0.303 e. The fourth-order valence-corrected chi connectivity index (χ4v) is 3.34. The van der Waals surface area contributed by atoms with Gasteiger partial charge < -0.3 is 15.1 Å². The molecular weight excluding hydrogens is 370 g/mol. The number of carbonyl (C=O) groups is 3. The van der Waals surface area contributed by atoms with E-state index in [1.807, 2.05) is 36.4 Å². The van der Waals surface area contributed by atoms with Gasteiger partial charge >= 0.3 is 5.97 Å². The van der Waals surface area contributed by atoms with Crippen LogP contribution in [0, 0.1) is 0 Å². The number of carbonyl (C=O) groups excluding carboxylic acids is 2. The van der Waals surface area contributed by atoms with Crippen molar-refractivity contribution in [1.29, 1.82) is 0 Å². The van der Waals surface area contributed by atoms with E-state index < -0.39 is 29.5 Å². The number of carboxylic acid groups (broad SMARTS) is 1. The number of nitrogens with zero attached hydrogens (tertiary/aromatic N) is 1. The Balaban J connectivity index is 1.92. The SMILES string of the molecule is O=C(O)CCCN1C(=O)C(O)=C(C(=O)/C=C\c2ccccc2)C1c1ccccc1. The standard InChI is InChI=1S/C23H21NO5/c25-18(14-13-16-8-3-1-4-9-16)20-21(17-10-5-2-6-11-17)24(23(29)22(20)28)15-7-12-19(26)27/h1-6,8-11,13-14,21,28H,7,12,15H2,(H,26,27)/b14-13-. The largest absolute Gasteiger partial charge is 0.503 e. The number of aliphatic carboxylic acids is 1. The van der Waals surface area contributed by atoms with Gasteiger partial charge in [-0.2, -0.15) is 0 Å². The van der Waals surface area contributed by atoms with Crippen molar-refractivity contribution < 1.29 is 24.6 Å². The number of allylic oxidation sites excluding steroid dienone is 1. The minimum Gasteiger partial charge on any atom is -0.503 e. The van der Waals surface area contributed by atoms with Gasteiger partial charge in [0.15, 0.2) is 11.5 Å². The van der Waals surface area contributed by atoms with E-state index in [1.165, 1.54) is 11.0 Å². The third-order valence-corrected chi connectivity index (χ3v) is 4.70. The van der Waals surface area contributed by atoms with Crippen LogP contribution < -0.4 is 0 Å². The molecule has 1 aliphatic heterocycles. The molecule has 1 atom stereocenters. The molecule has 1 unspecified atom stereocenters. The molecule has 0 aromatic heterocycles. The van der Waals surface area contributed by atoms with E-state index in [2.05, 4.69) is 0 Å². The molecule has 2 aromatic carbocycles. The van der Waals surface area contributed by atoms with Gasteiger partial charge in [0, 0.05) is 13.0 Å². The van der Waals surface area contributed by atoms with Crippen molar-refractivity contribution in [2.45, 2.75) is 18.9 Å². The number of aliphatic hydroxyl groups excluding tert-OH is 1. The summed E-state index contributed by atoms with van der Waals surface area (Å²) in [5.41, 5.74) is 1.50. The monoisotopic (exact) mass is 391 g/mol. The van der Waals surface area contributed by atoms with E-state index in [-0.39, 0.29) is 25.0 Å². The van der Waals surface area contributed by atoms with Crippen LogP contribution in [0.3, 0.4) is 0 Å². The van der Waals surface area contributed by atoms with Crippen molar-refractivity contribution in [1.82, 2.24) is 4.90 Å². The van der Waals surface area contributed by atoms with Gasteiger partial charge in [-0.15, -0.1) is 0 Å². The minimum atomic E-state index is -0.966. The van der Waals surface area contributed by atoms with Gasteiger partial charge in [0.2, 0.25) is 0 Å². The molecule has 1 aliphatic rings. The Bertz CT molecular complexity index is 963. The number of rotatable bonds is 8. The number of aliphatic hydroxyl groups is 1. The second kappa shape index (κ2) is 9.01. The summed E-state index contributed by atoms with van der Waals surface area (Å²) in [6.45, 7) is 0.119. The second-order valence-electron chi connectivity index (χ2n) is 6.68. The molecule has 0 radical (unpaired) electrons. The van der Waals surface area contributed by atoms with E-state index in [4.69, 9.17) is 5.11 Å². The quantitative estimate of drug-likeness (QED) is 0.671. The molecule has 148 valence electrons. The summed E-state index contributed by atoms with van der Waals surface area (Å²) < 4.78 is 0. The molecule has 0 bridgehead atoms. The van der Waals surface area contributed by atoms with Crippen LogP contribution in [0.25, 0.3) is 6.08 Å². The Morgan fingerprint density at radius 3 is 2.24 bits per heavy atom. The predicted octanol–water partition coefficient (Wildman–Crippen LogP) is 3.53. The molecule has 29 heavy (non-hydrogen) atoms. The van der Waals surface area contributed by atoms with Gasteiger partial charge in [-0.3, -0.25) is 14.4 Å². The average Bonchev–Trinajstić information content (AvgIpc) is 2.98. The van der Waals surface area contributed by atoms with Gasteiger partial charge in [-0.25, -0.2) is 0 Å². The number of ketones is 1. The Labute approximate surface area is 168 Å². The summed E-state index contributed by atoms with van der Waals surface area (Å²) >= 11 is 0. The number of hydrogen-bond donors (Lipinski definition) is 2. The van der Waals surface area contributed by atoms with E-state index in [9.17, 15) is 19.5 Å². The van der Waals surface area contributed by atoms with Gasteiger partial charge in [0.1, 0.15) is 0 Å². The molecule has 2 aromatic rings. The van der Waals surface area contributed by atoms with Crippen LogP contribution in [0.5, 0.6) is 0 Å². The van der Waals surface area contributed by atoms with Crippen molar-refractivity contribution in [3.05, 3.63) is 89.2 Å². The molecule has 1 heterocycles. The summed E-state index contributed by atoms with van der Waals surface area (Å²) in [5, 5.41) is 19.3. The number of amides is 1. The Kier molecular flexibility index (Phi) is 6.24. The van der Waals surface area contributed by atoms with Gasteiger partial charge in [0.25, 0.3) is 5.91 Å². The Hall–Kier alpha value is -3.67. The molecule has 1 amide bonds. The molecule has 0 fully saturated rings. The molecule has 0 aliphatic carbocycles.